The van der Waals surface area contributed by atoms with Gasteiger partial charge in [0.05, 0.1) is 5.69 Å². The summed E-state index contributed by atoms with van der Waals surface area (Å²) in [6.07, 6.45) is 2.52. The molecule has 1 atom stereocenters. The molecule has 3 rings (SSSR count). The van der Waals surface area contributed by atoms with Gasteiger partial charge in [-0.2, -0.15) is 0 Å². The minimum atomic E-state index is -0.0289. The van der Waals surface area contributed by atoms with Gasteiger partial charge in [0.1, 0.15) is 6.26 Å². The molecule has 30 heavy (non-hydrogen) atoms. The topological polar surface area (TPSA) is 86.0 Å². The number of aromatic nitrogens is 1. The molecule has 0 radical (unpaired) electrons. The zero-order valence-corrected chi connectivity index (χ0v) is 18.1. The molecule has 1 saturated heterocycles. The van der Waals surface area contributed by atoms with E-state index < -0.39 is 0 Å². The first-order chi connectivity index (χ1) is 14.6. The van der Waals surface area contributed by atoms with Gasteiger partial charge in [0.2, 0.25) is 0 Å². The van der Waals surface area contributed by atoms with E-state index in [1.54, 1.807) is 13.3 Å². The number of hydrogen-bond donors (Lipinski definition) is 2. The molecule has 0 saturated carbocycles. The summed E-state index contributed by atoms with van der Waals surface area (Å²) in [6.45, 7) is 9.18. The lowest BCUT2D eigenvalue weighted by Gasteiger charge is -2.36. The van der Waals surface area contributed by atoms with Crippen LogP contribution in [0.5, 0.6) is 0 Å². The van der Waals surface area contributed by atoms with Gasteiger partial charge < -0.3 is 20.1 Å². The highest BCUT2D eigenvalue weighted by Gasteiger charge is 2.20. The molecule has 2 N–H and O–H groups in total. The summed E-state index contributed by atoms with van der Waals surface area (Å²) in [5, 5.41) is 10.4. The Morgan fingerprint density at radius 1 is 1.27 bits per heavy atom. The average Bonchev–Trinajstić information content (AvgIpc) is 3.28. The second-order valence-electron chi connectivity index (χ2n) is 7.64. The molecule has 1 unspecified atom stereocenters. The van der Waals surface area contributed by atoms with Gasteiger partial charge in [-0.3, -0.25) is 14.7 Å². The molecule has 1 aromatic carbocycles. The predicted molar refractivity (Wildman–Crippen MR) is 117 cm³/mol. The lowest BCUT2D eigenvalue weighted by Crippen LogP contribution is -2.52. The van der Waals surface area contributed by atoms with Crippen LogP contribution in [0.3, 0.4) is 0 Å². The molecule has 8 nitrogen and oxygen atoms in total. The first-order valence-corrected chi connectivity index (χ1v) is 10.6. The zero-order valence-electron chi connectivity index (χ0n) is 18.1. The Labute approximate surface area is 178 Å². The van der Waals surface area contributed by atoms with Crippen LogP contribution in [-0.4, -0.2) is 66.1 Å². The normalized spacial score (nSPS) is 16.4. The van der Waals surface area contributed by atoms with Gasteiger partial charge in [-0.05, 0) is 31.0 Å². The Balaban J connectivity index is 1.50. The zero-order chi connectivity index (χ0) is 21.3. The number of benzene rings is 1. The van der Waals surface area contributed by atoms with Crippen LogP contribution < -0.4 is 10.6 Å². The van der Waals surface area contributed by atoms with Crippen LogP contribution in [0.2, 0.25) is 0 Å². The van der Waals surface area contributed by atoms with Crippen LogP contribution >= 0.6 is 0 Å². The summed E-state index contributed by atoms with van der Waals surface area (Å²) in [5.74, 6) is 0.851. The van der Waals surface area contributed by atoms with Gasteiger partial charge >= 0.3 is 0 Å². The monoisotopic (exact) mass is 412 g/mol. The standard InChI is InChI=1S/C22H32N6O2/c1-4-17(2)25-21(29)19-7-5-6-18(14-19)15-24-22(23-3)28-11-9-27(10-12-28)16-20-8-13-30-26-20/h5-8,13-14,17H,4,9-12,15-16H2,1-3H3,(H,23,24)(H,25,29). The highest BCUT2D eigenvalue weighted by molar-refractivity contribution is 5.94. The molecule has 2 aromatic rings. The number of rotatable bonds is 7. The largest absolute Gasteiger partial charge is 0.364 e. The van der Waals surface area contributed by atoms with Gasteiger partial charge in [-0.15, -0.1) is 0 Å². The molecule has 0 bridgehead atoms. The van der Waals surface area contributed by atoms with Crippen molar-refractivity contribution in [3.63, 3.8) is 0 Å². The number of piperazine rings is 1. The van der Waals surface area contributed by atoms with Gasteiger partial charge in [0.25, 0.3) is 5.91 Å². The van der Waals surface area contributed by atoms with Crippen LogP contribution in [0.25, 0.3) is 0 Å². The third kappa shape index (κ3) is 6.06. The third-order valence-corrected chi connectivity index (χ3v) is 5.39. The third-order valence-electron chi connectivity index (χ3n) is 5.39. The van der Waals surface area contributed by atoms with E-state index in [-0.39, 0.29) is 11.9 Å². The highest BCUT2D eigenvalue weighted by atomic mass is 16.5. The van der Waals surface area contributed by atoms with E-state index >= 15 is 0 Å². The molecule has 1 fully saturated rings. The van der Waals surface area contributed by atoms with Crippen molar-refractivity contribution < 1.29 is 9.32 Å². The Morgan fingerprint density at radius 3 is 2.73 bits per heavy atom. The van der Waals surface area contributed by atoms with Gasteiger partial charge in [0, 0.05) is 64.0 Å². The molecule has 1 aliphatic rings. The first-order valence-electron chi connectivity index (χ1n) is 10.6. The predicted octanol–water partition coefficient (Wildman–Crippen LogP) is 2.10. The van der Waals surface area contributed by atoms with Gasteiger partial charge in [-0.25, -0.2) is 0 Å². The number of nitrogens with one attached hydrogen (secondary N) is 2. The Kier molecular flexibility index (Phi) is 7.84. The molecular weight excluding hydrogens is 380 g/mol. The molecule has 162 valence electrons. The second-order valence-corrected chi connectivity index (χ2v) is 7.64. The van der Waals surface area contributed by atoms with Crippen molar-refractivity contribution in [2.75, 3.05) is 33.2 Å². The Bertz CT molecular complexity index is 828. The molecule has 2 heterocycles. The molecule has 1 aliphatic heterocycles. The number of nitrogens with zero attached hydrogens (tertiary/aromatic N) is 4. The van der Waals surface area contributed by atoms with Crippen LogP contribution in [0.4, 0.5) is 0 Å². The molecule has 1 aromatic heterocycles. The highest BCUT2D eigenvalue weighted by Crippen LogP contribution is 2.09. The molecule has 8 heteroatoms. The minimum absolute atomic E-state index is 0.0289. The summed E-state index contributed by atoms with van der Waals surface area (Å²) in [4.78, 5) is 21.4. The summed E-state index contributed by atoms with van der Waals surface area (Å²) < 4.78 is 4.91. The molecule has 0 aliphatic carbocycles. The molecular formula is C22H32N6O2. The molecule has 1 amide bonds. The van der Waals surface area contributed by atoms with Gasteiger partial charge in [0.15, 0.2) is 5.96 Å². The van der Waals surface area contributed by atoms with E-state index in [1.165, 1.54) is 0 Å². The number of hydrogen-bond acceptors (Lipinski definition) is 5. The fourth-order valence-corrected chi connectivity index (χ4v) is 3.41. The lowest BCUT2D eigenvalue weighted by atomic mass is 10.1. The summed E-state index contributed by atoms with van der Waals surface area (Å²) >= 11 is 0. The van der Waals surface area contributed by atoms with E-state index in [0.29, 0.717) is 12.1 Å². The second kappa shape index (κ2) is 10.8. The number of carbonyl (C=O) groups is 1. The smallest absolute Gasteiger partial charge is 0.251 e. The Morgan fingerprint density at radius 2 is 2.07 bits per heavy atom. The van der Waals surface area contributed by atoms with E-state index in [9.17, 15) is 4.79 Å². The Hall–Kier alpha value is -2.87. The van der Waals surface area contributed by atoms with Crippen LogP contribution in [0.15, 0.2) is 46.1 Å². The van der Waals surface area contributed by atoms with Crippen molar-refractivity contribution in [3.05, 3.63) is 53.4 Å². The SMILES string of the molecule is CCC(C)NC(=O)c1cccc(CNC(=NC)N2CCN(Cc3ccon3)CC2)c1. The maximum Gasteiger partial charge on any atom is 0.251 e. The number of amides is 1. The summed E-state index contributed by atoms with van der Waals surface area (Å²) in [6, 6.07) is 9.81. The van der Waals surface area contributed by atoms with E-state index in [0.717, 1.165) is 56.4 Å². The van der Waals surface area contributed by atoms with Crippen molar-refractivity contribution in [2.24, 2.45) is 4.99 Å². The van der Waals surface area contributed by atoms with Crippen LogP contribution in [0, 0.1) is 0 Å². The van der Waals surface area contributed by atoms with E-state index in [4.69, 9.17) is 4.52 Å². The van der Waals surface area contributed by atoms with E-state index in [2.05, 4.69) is 37.5 Å². The first kappa shape index (κ1) is 21.8. The number of carbonyl (C=O) groups excluding carboxylic acids is 1. The summed E-state index contributed by atoms with van der Waals surface area (Å²) in [7, 11) is 1.81. The van der Waals surface area contributed by atoms with Crippen LogP contribution in [0.1, 0.15) is 41.9 Å². The van der Waals surface area contributed by atoms with Crippen molar-refractivity contribution in [1.29, 1.82) is 0 Å². The van der Waals surface area contributed by atoms with Crippen LogP contribution in [-0.2, 0) is 13.1 Å². The lowest BCUT2D eigenvalue weighted by molar-refractivity contribution is 0.0939. The van der Waals surface area contributed by atoms with Crippen molar-refractivity contribution in [3.8, 4) is 0 Å². The minimum Gasteiger partial charge on any atom is -0.364 e. The average molecular weight is 413 g/mol. The quantitative estimate of drug-likeness (QED) is 0.535. The van der Waals surface area contributed by atoms with Crippen molar-refractivity contribution in [1.82, 2.24) is 25.6 Å². The fraction of sp³-hybridized carbons (Fsp3) is 0.500. The van der Waals surface area contributed by atoms with Gasteiger partial charge in [-0.1, -0.05) is 24.2 Å². The number of aliphatic imine (C=N–C) groups is 1. The fourth-order valence-electron chi connectivity index (χ4n) is 3.41. The maximum absolute atomic E-state index is 12.4. The number of guanidine groups is 1. The van der Waals surface area contributed by atoms with Crippen molar-refractivity contribution in [2.45, 2.75) is 39.4 Å². The van der Waals surface area contributed by atoms with Crippen molar-refractivity contribution >= 4 is 11.9 Å². The molecule has 0 spiro atoms. The maximum atomic E-state index is 12.4. The summed E-state index contributed by atoms with van der Waals surface area (Å²) in [5.41, 5.74) is 2.70. The van der Waals surface area contributed by atoms with E-state index in [1.807, 2.05) is 37.3 Å².